The lowest BCUT2D eigenvalue weighted by Crippen LogP contribution is -2.08. The van der Waals surface area contributed by atoms with E-state index < -0.39 is 5.97 Å². The van der Waals surface area contributed by atoms with Gasteiger partial charge in [0.15, 0.2) is 17.3 Å². The Balaban J connectivity index is 1.75. The van der Waals surface area contributed by atoms with E-state index in [1.54, 1.807) is 30.5 Å². The van der Waals surface area contributed by atoms with E-state index in [0.717, 1.165) is 42.8 Å². The highest BCUT2D eigenvalue weighted by Crippen LogP contribution is 2.32. The Hall–Kier alpha value is -3.06. The molecule has 0 radical (unpaired) electrons. The van der Waals surface area contributed by atoms with Gasteiger partial charge in [-0.05, 0) is 56.4 Å². The summed E-state index contributed by atoms with van der Waals surface area (Å²) < 4.78 is 13.5. The summed E-state index contributed by atoms with van der Waals surface area (Å²) in [5, 5.41) is 14.7. The van der Waals surface area contributed by atoms with Gasteiger partial charge in [0.1, 0.15) is 0 Å². The number of pyridine rings is 1. The minimum absolute atomic E-state index is 0.115. The van der Waals surface area contributed by atoms with Crippen LogP contribution in [0.2, 0.25) is 5.02 Å². The van der Waals surface area contributed by atoms with Gasteiger partial charge in [-0.15, -0.1) is 0 Å². The van der Waals surface area contributed by atoms with E-state index in [9.17, 15) is 9.90 Å². The maximum absolute atomic E-state index is 11.3. The maximum Gasteiger partial charge on any atom is 0.307 e. The number of carboxylic acids is 1. The van der Waals surface area contributed by atoms with E-state index >= 15 is 0 Å². The van der Waals surface area contributed by atoms with Crippen LogP contribution in [0.3, 0.4) is 0 Å². The Morgan fingerprint density at radius 1 is 1.12 bits per heavy atom. The van der Waals surface area contributed by atoms with E-state index in [1.807, 2.05) is 23.9 Å². The van der Waals surface area contributed by atoms with Crippen molar-refractivity contribution < 1.29 is 19.4 Å². The number of halogens is 1. The molecule has 7 nitrogen and oxygen atoms in total. The summed E-state index contributed by atoms with van der Waals surface area (Å²) in [7, 11) is 0. The molecule has 3 aromatic rings. The molecule has 0 atom stereocenters. The van der Waals surface area contributed by atoms with Gasteiger partial charge in [-0.25, -0.2) is 9.67 Å². The Kier molecular flexibility index (Phi) is 9.33. The van der Waals surface area contributed by atoms with Crippen molar-refractivity contribution in [1.82, 2.24) is 14.8 Å². The van der Waals surface area contributed by atoms with E-state index in [0.29, 0.717) is 41.2 Å². The number of nitrogens with zero attached hydrogens (tertiary/aromatic N) is 3. The van der Waals surface area contributed by atoms with Crippen LogP contribution in [0.25, 0.3) is 5.82 Å². The third kappa shape index (κ3) is 6.50. The number of rotatable bonds is 13. The van der Waals surface area contributed by atoms with Crippen LogP contribution in [0.1, 0.15) is 62.8 Å². The summed E-state index contributed by atoms with van der Waals surface area (Å²) in [4.78, 5) is 15.7. The third-order valence-corrected chi connectivity index (χ3v) is 5.90. The number of aliphatic carboxylic acids is 1. The fraction of sp³-hybridized carbons (Fsp3) is 0.423. The molecule has 0 saturated carbocycles. The summed E-state index contributed by atoms with van der Waals surface area (Å²) in [6.07, 6.45) is 7.08. The second kappa shape index (κ2) is 12.4. The van der Waals surface area contributed by atoms with Gasteiger partial charge in [0, 0.05) is 23.9 Å². The van der Waals surface area contributed by atoms with Crippen LogP contribution in [0.5, 0.6) is 11.5 Å². The van der Waals surface area contributed by atoms with E-state index in [2.05, 4.69) is 18.8 Å². The van der Waals surface area contributed by atoms with Crippen LogP contribution in [0.15, 0.2) is 42.7 Å². The largest absolute Gasteiger partial charge is 0.490 e. The second-order valence-corrected chi connectivity index (χ2v) is 8.47. The van der Waals surface area contributed by atoms with Crippen LogP contribution >= 0.6 is 11.6 Å². The standard InChI is InChI=1S/C26H32ClN3O4/c1-4-18(5-2)25-20(17-30(29-25)23-13-12-21(27)16-28-23)10-8-14-34-26-19(15-24(31)32)9-7-11-22(26)33-6-3/h7,9,11-13,16-18H,4-6,8,10,14-15H2,1-3H3,(H,31,32). The quantitative estimate of drug-likeness (QED) is 0.305. The van der Waals surface area contributed by atoms with Crippen LogP contribution in [-0.4, -0.2) is 39.1 Å². The first-order valence-electron chi connectivity index (χ1n) is 11.8. The first kappa shape index (κ1) is 25.6. The molecule has 0 aliphatic carbocycles. The van der Waals surface area contributed by atoms with Crippen molar-refractivity contribution in [3.8, 4) is 17.3 Å². The zero-order valence-electron chi connectivity index (χ0n) is 20.0. The van der Waals surface area contributed by atoms with Gasteiger partial charge in [0.2, 0.25) is 0 Å². The van der Waals surface area contributed by atoms with Crippen molar-refractivity contribution in [3.63, 3.8) is 0 Å². The van der Waals surface area contributed by atoms with Gasteiger partial charge in [0.05, 0.1) is 30.4 Å². The molecule has 1 N–H and O–H groups in total. The highest BCUT2D eigenvalue weighted by atomic mass is 35.5. The Labute approximate surface area is 205 Å². The Bertz CT molecular complexity index is 1080. The monoisotopic (exact) mass is 485 g/mol. The van der Waals surface area contributed by atoms with Gasteiger partial charge in [0.25, 0.3) is 0 Å². The van der Waals surface area contributed by atoms with Crippen molar-refractivity contribution in [2.45, 2.75) is 58.8 Å². The lowest BCUT2D eigenvalue weighted by atomic mass is 9.95. The Morgan fingerprint density at radius 2 is 1.91 bits per heavy atom. The number of benzene rings is 1. The number of para-hydroxylation sites is 1. The molecule has 34 heavy (non-hydrogen) atoms. The van der Waals surface area contributed by atoms with E-state index in [1.165, 1.54) is 0 Å². The maximum atomic E-state index is 11.3. The molecular formula is C26H32ClN3O4. The van der Waals surface area contributed by atoms with Crippen LogP contribution < -0.4 is 9.47 Å². The lowest BCUT2D eigenvalue weighted by Gasteiger charge is -2.15. The number of hydrogen-bond donors (Lipinski definition) is 1. The summed E-state index contributed by atoms with van der Waals surface area (Å²) in [5.74, 6) is 1.26. The molecule has 2 aromatic heterocycles. The number of carbonyl (C=O) groups is 1. The molecule has 0 bridgehead atoms. The fourth-order valence-corrected chi connectivity index (χ4v) is 4.10. The second-order valence-electron chi connectivity index (χ2n) is 8.03. The van der Waals surface area contributed by atoms with Crippen molar-refractivity contribution >= 4 is 17.6 Å². The van der Waals surface area contributed by atoms with Crippen molar-refractivity contribution in [1.29, 1.82) is 0 Å². The van der Waals surface area contributed by atoms with Crippen LogP contribution in [0.4, 0.5) is 0 Å². The van der Waals surface area contributed by atoms with Gasteiger partial charge in [-0.2, -0.15) is 5.10 Å². The molecule has 3 rings (SSSR count). The van der Waals surface area contributed by atoms with E-state index in [4.69, 9.17) is 26.2 Å². The number of aryl methyl sites for hydroxylation is 1. The predicted octanol–water partition coefficient (Wildman–Crippen LogP) is 5.86. The SMILES string of the molecule is CCOc1cccc(CC(=O)O)c1OCCCc1cn(-c2ccc(Cl)cn2)nc1C(CC)CC. The molecule has 2 heterocycles. The molecular weight excluding hydrogens is 454 g/mol. The molecule has 0 amide bonds. The molecule has 0 fully saturated rings. The third-order valence-electron chi connectivity index (χ3n) is 5.68. The smallest absolute Gasteiger partial charge is 0.307 e. The average Bonchev–Trinajstić information content (AvgIpc) is 3.23. The van der Waals surface area contributed by atoms with Gasteiger partial charge >= 0.3 is 5.97 Å². The fourth-order valence-electron chi connectivity index (χ4n) is 3.99. The normalized spacial score (nSPS) is 11.1. The summed E-state index contributed by atoms with van der Waals surface area (Å²) >= 11 is 5.99. The lowest BCUT2D eigenvalue weighted by molar-refractivity contribution is -0.136. The average molecular weight is 486 g/mol. The van der Waals surface area contributed by atoms with Gasteiger partial charge in [-0.3, -0.25) is 4.79 Å². The molecule has 1 aromatic carbocycles. The minimum Gasteiger partial charge on any atom is -0.490 e. The first-order chi connectivity index (χ1) is 16.5. The zero-order valence-corrected chi connectivity index (χ0v) is 20.7. The van der Waals surface area contributed by atoms with Crippen LogP contribution in [-0.2, 0) is 17.6 Å². The number of carboxylic acid groups (broad SMARTS) is 1. The highest BCUT2D eigenvalue weighted by molar-refractivity contribution is 6.30. The van der Waals surface area contributed by atoms with Gasteiger partial charge < -0.3 is 14.6 Å². The molecule has 0 saturated heterocycles. The van der Waals surface area contributed by atoms with Gasteiger partial charge in [-0.1, -0.05) is 37.6 Å². The highest BCUT2D eigenvalue weighted by Gasteiger charge is 2.18. The number of ether oxygens (including phenoxy) is 2. The molecule has 0 spiro atoms. The molecule has 8 heteroatoms. The van der Waals surface area contributed by atoms with Crippen LogP contribution in [0, 0.1) is 0 Å². The summed E-state index contributed by atoms with van der Waals surface area (Å²) in [6.45, 7) is 7.15. The molecule has 0 aliphatic rings. The number of hydrogen-bond acceptors (Lipinski definition) is 5. The Morgan fingerprint density at radius 3 is 2.56 bits per heavy atom. The molecule has 0 unspecified atom stereocenters. The van der Waals surface area contributed by atoms with Crippen molar-refractivity contribution in [2.75, 3.05) is 13.2 Å². The summed E-state index contributed by atoms with van der Waals surface area (Å²) in [6, 6.07) is 9.02. The minimum atomic E-state index is -0.906. The number of aromatic nitrogens is 3. The topological polar surface area (TPSA) is 86.5 Å². The predicted molar refractivity (Wildman–Crippen MR) is 132 cm³/mol. The molecule has 182 valence electrons. The van der Waals surface area contributed by atoms with E-state index in [-0.39, 0.29) is 6.42 Å². The van der Waals surface area contributed by atoms with Crippen molar-refractivity contribution in [3.05, 3.63) is 64.6 Å². The summed E-state index contributed by atoms with van der Waals surface area (Å²) in [5.41, 5.74) is 2.86. The first-order valence-corrected chi connectivity index (χ1v) is 12.1. The van der Waals surface area contributed by atoms with Crippen molar-refractivity contribution in [2.24, 2.45) is 0 Å². The zero-order chi connectivity index (χ0) is 24.5. The molecule has 0 aliphatic heterocycles.